The molecular formula is C16H24N2OS. The van der Waals surface area contributed by atoms with Gasteiger partial charge in [0.15, 0.2) is 0 Å². The highest BCUT2D eigenvalue weighted by Gasteiger charge is 2.38. The van der Waals surface area contributed by atoms with Gasteiger partial charge in [-0.25, -0.2) is 0 Å². The number of benzene rings is 1. The molecule has 1 amide bonds. The number of nitrogens with zero attached hydrogens (tertiary/aromatic N) is 1. The molecule has 0 aromatic heterocycles. The smallest absolute Gasteiger partial charge is 0.245 e. The molecule has 1 heterocycles. The quantitative estimate of drug-likeness (QED) is 0.784. The molecule has 0 saturated carbocycles. The molecule has 110 valence electrons. The van der Waals surface area contributed by atoms with E-state index in [0.717, 1.165) is 37.1 Å². The molecular weight excluding hydrogens is 268 g/mol. The number of thioether (sulfide) groups is 1. The Morgan fingerprint density at radius 2 is 2.05 bits per heavy atom. The highest BCUT2D eigenvalue weighted by molar-refractivity contribution is 7.98. The number of carbonyl (C=O) groups excluding carboxylic acids is 1. The molecule has 20 heavy (non-hydrogen) atoms. The van der Waals surface area contributed by atoms with Crippen LogP contribution < -0.4 is 5.32 Å². The zero-order valence-electron chi connectivity index (χ0n) is 12.3. The van der Waals surface area contributed by atoms with Crippen LogP contribution in [0, 0.1) is 0 Å². The fourth-order valence-electron chi connectivity index (χ4n) is 2.72. The molecule has 1 aromatic carbocycles. The summed E-state index contributed by atoms with van der Waals surface area (Å²) < 4.78 is 0. The largest absolute Gasteiger partial charge is 0.325 e. The SMILES string of the molecule is CCCC1NC(c2ccccc2)C(=O)N1CCCSC. The number of amides is 1. The van der Waals surface area contributed by atoms with Gasteiger partial charge in [-0.05, 0) is 30.4 Å². The van der Waals surface area contributed by atoms with Crippen LogP contribution in [-0.4, -0.2) is 35.5 Å². The second kappa shape index (κ2) is 7.70. The van der Waals surface area contributed by atoms with E-state index in [4.69, 9.17) is 0 Å². The zero-order valence-corrected chi connectivity index (χ0v) is 13.2. The van der Waals surface area contributed by atoms with E-state index in [9.17, 15) is 4.79 Å². The lowest BCUT2D eigenvalue weighted by molar-refractivity contribution is -0.130. The fraction of sp³-hybridized carbons (Fsp3) is 0.562. The van der Waals surface area contributed by atoms with Crippen molar-refractivity contribution in [1.82, 2.24) is 10.2 Å². The molecule has 2 unspecified atom stereocenters. The number of rotatable bonds is 7. The van der Waals surface area contributed by atoms with Crippen molar-refractivity contribution in [2.75, 3.05) is 18.6 Å². The summed E-state index contributed by atoms with van der Waals surface area (Å²) in [5.74, 6) is 1.34. The first-order chi connectivity index (χ1) is 9.77. The topological polar surface area (TPSA) is 32.3 Å². The van der Waals surface area contributed by atoms with Crippen LogP contribution in [0.5, 0.6) is 0 Å². The molecule has 3 nitrogen and oxygen atoms in total. The summed E-state index contributed by atoms with van der Waals surface area (Å²) >= 11 is 1.84. The molecule has 2 atom stereocenters. The Bertz CT molecular complexity index is 424. The first-order valence-electron chi connectivity index (χ1n) is 7.38. The highest BCUT2D eigenvalue weighted by atomic mass is 32.2. The van der Waals surface area contributed by atoms with E-state index >= 15 is 0 Å². The van der Waals surface area contributed by atoms with Crippen LogP contribution >= 0.6 is 11.8 Å². The van der Waals surface area contributed by atoms with Gasteiger partial charge in [-0.3, -0.25) is 10.1 Å². The summed E-state index contributed by atoms with van der Waals surface area (Å²) in [7, 11) is 0. The van der Waals surface area contributed by atoms with E-state index in [1.54, 1.807) is 0 Å². The molecule has 0 aliphatic carbocycles. The van der Waals surface area contributed by atoms with Gasteiger partial charge in [0.05, 0.1) is 6.17 Å². The van der Waals surface area contributed by atoms with Crippen molar-refractivity contribution in [1.29, 1.82) is 0 Å². The highest BCUT2D eigenvalue weighted by Crippen LogP contribution is 2.26. The van der Waals surface area contributed by atoms with Gasteiger partial charge in [0, 0.05) is 6.54 Å². The lowest BCUT2D eigenvalue weighted by atomic mass is 10.1. The van der Waals surface area contributed by atoms with Gasteiger partial charge in [0.1, 0.15) is 6.04 Å². The van der Waals surface area contributed by atoms with Gasteiger partial charge in [0.2, 0.25) is 5.91 Å². The number of hydrogen-bond donors (Lipinski definition) is 1. The van der Waals surface area contributed by atoms with Gasteiger partial charge in [-0.1, -0.05) is 43.7 Å². The van der Waals surface area contributed by atoms with Gasteiger partial charge in [-0.2, -0.15) is 11.8 Å². The maximum Gasteiger partial charge on any atom is 0.245 e. The Labute approximate surface area is 126 Å². The molecule has 1 aromatic rings. The maximum absolute atomic E-state index is 12.6. The third kappa shape index (κ3) is 3.55. The summed E-state index contributed by atoms with van der Waals surface area (Å²) in [6.07, 6.45) is 5.48. The Morgan fingerprint density at radius 3 is 2.70 bits per heavy atom. The zero-order chi connectivity index (χ0) is 14.4. The van der Waals surface area contributed by atoms with Crippen LogP contribution in [0.15, 0.2) is 30.3 Å². The van der Waals surface area contributed by atoms with E-state index in [-0.39, 0.29) is 18.1 Å². The molecule has 4 heteroatoms. The average molecular weight is 292 g/mol. The number of carbonyl (C=O) groups is 1. The standard InChI is InChI=1S/C16H24N2OS/c1-3-8-14-17-15(13-9-5-4-6-10-13)16(19)18(14)11-7-12-20-2/h4-6,9-10,14-15,17H,3,7-8,11-12H2,1-2H3. The Hall–Kier alpha value is -1.00. The van der Waals surface area contributed by atoms with E-state index in [1.165, 1.54) is 0 Å². The second-order valence-electron chi connectivity index (χ2n) is 5.19. The number of nitrogens with one attached hydrogen (secondary N) is 1. The fourth-order valence-corrected chi connectivity index (χ4v) is 3.13. The van der Waals surface area contributed by atoms with Crippen LogP contribution in [-0.2, 0) is 4.79 Å². The molecule has 1 aliphatic rings. The summed E-state index contributed by atoms with van der Waals surface area (Å²) in [6.45, 7) is 3.03. The minimum atomic E-state index is -0.165. The van der Waals surface area contributed by atoms with Gasteiger partial charge in [0.25, 0.3) is 0 Å². The lowest BCUT2D eigenvalue weighted by Gasteiger charge is -2.23. The maximum atomic E-state index is 12.6. The van der Waals surface area contributed by atoms with Gasteiger partial charge < -0.3 is 4.90 Å². The molecule has 0 bridgehead atoms. The van der Waals surface area contributed by atoms with Crippen molar-refractivity contribution >= 4 is 17.7 Å². The number of hydrogen-bond acceptors (Lipinski definition) is 3. The Kier molecular flexibility index (Phi) is 5.92. The monoisotopic (exact) mass is 292 g/mol. The van der Waals surface area contributed by atoms with Crippen LogP contribution in [0.2, 0.25) is 0 Å². The first kappa shape index (κ1) is 15.4. The van der Waals surface area contributed by atoms with Crippen LogP contribution in [0.3, 0.4) is 0 Å². The molecule has 1 saturated heterocycles. The van der Waals surface area contributed by atoms with Crippen molar-refractivity contribution < 1.29 is 4.79 Å². The van der Waals surface area contributed by atoms with E-state index in [0.29, 0.717) is 0 Å². The molecule has 2 rings (SSSR count). The van der Waals surface area contributed by atoms with Crippen LogP contribution in [0.25, 0.3) is 0 Å². The molecule has 1 aliphatic heterocycles. The normalized spacial score (nSPS) is 22.5. The second-order valence-corrected chi connectivity index (χ2v) is 6.18. The van der Waals surface area contributed by atoms with Crippen molar-refractivity contribution in [3.8, 4) is 0 Å². The predicted molar refractivity (Wildman–Crippen MR) is 85.7 cm³/mol. The summed E-state index contributed by atoms with van der Waals surface area (Å²) in [5, 5.41) is 3.50. The van der Waals surface area contributed by atoms with Crippen molar-refractivity contribution in [2.45, 2.75) is 38.4 Å². The average Bonchev–Trinajstić information content (AvgIpc) is 2.78. The van der Waals surface area contributed by atoms with E-state index < -0.39 is 0 Å². The van der Waals surface area contributed by atoms with E-state index in [2.05, 4.69) is 18.5 Å². The minimum absolute atomic E-state index is 0.165. The van der Waals surface area contributed by atoms with Gasteiger partial charge in [-0.15, -0.1) is 0 Å². The van der Waals surface area contributed by atoms with Crippen LogP contribution in [0.1, 0.15) is 37.8 Å². The van der Waals surface area contributed by atoms with Crippen LogP contribution in [0.4, 0.5) is 0 Å². The first-order valence-corrected chi connectivity index (χ1v) is 8.77. The third-order valence-corrected chi connectivity index (χ3v) is 4.40. The Morgan fingerprint density at radius 1 is 1.30 bits per heavy atom. The summed E-state index contributed by atoms with van der Waals surface area (Å²) in [4.78, 5) is 14.7. The minimum Gasteiger partial charge on any atom is -0.325 e. The van der Waals surface area contributed by atoms with Gasteiger partial charge >= 0.3 is 0 Å². The molecule has 1 N–H and O–H groups in total. The molecule has 0 spiro atoms. The Balaban J connectivity index is 2.08. The van der Waals surface area contributed by atoms with Crippen molar-refractivity contribution in [3.63, 3.8) is 0 Å². The third-order valence-electron chi connectivity index (χ3n) is 3.71. The molecule has 1 fully saturated rings. The lowest BCUT2D eigenvalue weighted by Crippen LogP contribution is -2.38. The van der Waals surface area contributed by atoms with Crippen molar-refractivity contribution in [2.24, 2.45) is 0 Å². The van der Waals surface area contributed by atoms with Crippen molar-refractivity contribution in [3.05, 3.63) is 35.9 Å². The molecule has 0 radical (unpaired) electrons. The predicted octanol–water partition coefficient (Wildman–Crippen LogP) is 3.04. The summed E-state index contributed by atoms with van der Waals surface area (Å²) in [6, 6.07) is 9.88. The van der Waals surface area contributed by atoms with E-state index in [1.807, 2.05) is 47.0 Å². The summed E-state index contributed by atoms with van der Waals surface area (Å²) in [5.41, 5.74) is 1.07.